The lowest BCUT2D eigenvalue weighted by Gasteiger charge is -2.53. The van der Waals surface area contributed by atoms with Gasteiger partial charge in [-0.3, -0.25) is 9.59 Å². The monoisotopic (exact) mass is 356 g/mol. The second kappa shape index (κ2) is 6.43. The lowest BCUT2D eigenvalue weighted by Crippen LogP contribution is -2.65. The Kier molecular flexibility index (Phi) is 4.23. The van der Waals surface area contributed by atoms with E-state index in [0.717, 1.165) is 11.3 Å². The van der Waals surface area contributed by atoms with Gasteiger partial charge in [-0.25, -0.2) is 0 Å². The fraction of sp³-hybridized carbons (Fsp3) is 0.500. The number of rotatable bonds is 3. The number of amides is 2. The maximum Gasteiger partial charge on any atom is 0.239 e. The van der Waals surface area contributed by atoms with Gasteiger partial charge >= 0.3 is 0 Å². The summed E-state index contributed by atoms with van der Waals surface area (Å²) in [5.41, 5.74) is 0.190. The van der Waals surface area contributed by atoms with E-state index in [2.05, 4.69) is 6.58 Å². The number of fused-ring (bicyclic) bond motifs is 4. The van der Waals surface area contributed by atoms with Gasteiger partial charge in [0, 0.05) is 32.0 Å². The standard InChI is InChI=1S/C20H24N2O4/c1-3-8-22-19(24)17(18(23)21-9-11-25-12-10-21)15-13-20(22,2)26-16-7-5-4-6-14(15)16/h3-7,15,17H,1,8-13H2,2H3/t15-,17-,20-/m0/s1. The molecule has 26 heavy (non-hydrogen) atoms. The Balaban J connectivity index is 1.76. The highest BCUT2D eigenvalue weighted by atomic mass is 16.5. The predicted molar refractivity (Wildman–Crippen MR) is 95.6 cm³/mol. The molecular weight excluding hydrogens is 332 g/mol. The van der Waals surface area contributed by atoms with Crippen LogP contribution in [0.15, 0.2) is 36.9 Å². The first-order valence-corrected chi connectivity index (χ1v) is 9.12. The normalized spacial score (nSPS) is 30.4. The molecule has 0 aliphatic carbocycles. The summed E-state index contributed by atoms with van der Waals surface area (Å²) < 4.78 is 11.6. The molecule has 3 heterocycles. The van der Waals surface area contributed by atoms with Crippen LogP contribution in [0.2, 0.25) is 0 Å². The smallest absolute Gasteiger partial charge is 0.239 e. The van der Waals surface area contributed by atoms with E-state index in [0.29, 0.717) is 39.3 Å². The fourth-order valence-electron chi connectivity index (χ4n) is 4.38. The number of morpholine rings is 1. The van der Waals surface area contributed by atoms with Crippen LogP contribution in [-0.4, -0.2) is 60.2 Å². The first-order valence-electron chi connectivity index (χ1n) is 9.12. The van der Waals surface area contributed by atoms with Crippen molar-refractivity contribution in [3.05, 3.63) is 42.5 Å². The zero-order valence-electron chi connectivity index (χ0n) is 15.0. The van der Waals surface area contributed by atoms with Crippen LogP contribution in [-0.2, 0) is 14.3 Å². The van der Waals surface area contributed by atoms with Crippen LogP contribution in [0.25, 0.3) is 0 Å². The number of para-hydroxylation sites is 1. The summed E-state index contributed by atoms with van der Waals surface area (Å²) in [4.78, 5) is 30.1. The van der Waals surface area contributed by atoms with Crippen molar-refractivity contribution in [2.24, 2.45) is 5.92 Å². The molecule has 138 valence electrons. The molecule has 2 fully saturated rings. The summed E-state index contributed by atoms with van der Waals surface area (Å²) in [7, 11) is 0. The average molecular weight is 356 g/mol. The molecule has 2 bridgehead atoms. The van der Waals surface area contributed by atoms with Gasteiger partial charge in [0.15, 0.2) is 5.72 Å². The van der Waals surface area contributed by atoms with Gasteiger partial charge < -0.3 is 19.3 Å². The molecule has 1 aromatic carbocycles. The van der Waals surface area contributed by atoms with E-state index in [1.54, 1.807) is 15.9 Å². The van der Waals surface area contributed by atoms with Crippen molar-refractivity contribution in [1.82, 2.24) is 9.80 Å². The molecule has 0 aromatic heterocycles. The van der Waals surface area contributed by atoms with Gasteiger partial charge in [-0.1, -0.05) is 24.3 Å². The number of hydrogen-bond donors (Lipinski definition) is 0. The minimum absolute atomic E-state index is 0.101. The molecule has 0 unspecified atom stereocenters. The summed E-state index contributed by atoms with van der Waals surface area (Å²) in [5.74, 6) is -0.404. The number of ether oxygens (including phenoxy) is 2. The summed E-state index contributed by atoms with van der Waals surface area (Å²) in [6, 6.07) is 7.73. The van der Waals surface area contributed by atoms with Crippen molar-refractivity contribution in [2.45, 2.75) is 25.0 Å². The van der Waals surface area contributed by atoms with Crippen molar-refractivity contribution in [1.29, 1.82) is 0 Å². The van der Waals surface area contributed by atoms with Gasteiger partial charge in [-0.2, -0.15) is 0 Å². The molecule has 3 atom stereocenters. The van der Waals surface area contributed by atoms with Gasteiger partial charge in [-0.05, 0) is 18.6 Å². The van der Waals surface area contributed by atoms with Crippen molar-refractivity contribution in [3.63, 3.8) is 0 Å². The zero-order chi connectivity index (χ0) is 18.3. The van der Waals surface area contributed by atoms with Gasteiger partial charge in [0.05, 0.1) is 13.2 Å². The van der Waals surface area contributed by atoms with Crippen LogP contribution < -0.4 is 4.74 Å². The minimum atomic E-state index is -0.758. The summed E-state index contributed by atoms with van der Waals surface area (Å²) >= 11 is 0. The quantitative estimate of drug-likeness (QED) is 0.612. The number of hydrogen-bond acceptors (Lipinski definition) is 4. The molecule has 3 aliphatic rings. The van der Waals surface area contributed by atoms with Crippen LogP contribution >= 0.6 is 0 Å². The lowest BCUT2D eigenvalue weighted by molar-refractivity contribution is -0.177. The highest BCUT2D eigenvalue weighted by molar-refractivity contribution is 6.02. The van der Waals surface area contributed by atoms with Gasteiger partial charge in [-0.15, -0.1) is 6.58 Å². The Bertz CT molecular complexity index is 743. The SMILES string of the molecule is C=CCN1C(=O)[C@H](C(=O)N2CCOCC2)[C@H]2C[C@]1(C)Oc1ccccc12. The van der Waals surface area contributed by atoms with Crippen molar-refractivity contribution in [2.75, 3.05) is 32.8 Å². The largest absolute Gasteiger partial charge is 0.468 e. The van der Waals surface area contributed by atoms with Gasteiger partial charge in [0.25, 0.3) is 0 Å². The van der Waals surface area contributed by atoms with Crippen LogP contribution in [0.4, 0.5) is 0 Å². The number of carbonyl (C=O) groups excluding carboxylic acids is 2. The van der Waals surface area contributed by atoms with E-state index in [1.165, 1.54) is 0 Å². The van der Waals surface area contributed by atoms with Crippen LogP contribution in [0.3, 0.4) is 0 Å². The highest BCUT2D eigenvalue weighted by Crippen LogP contribution is 2.50. The van der Waals surface area contributed by atoms with Crippen LogP contribution in [0, 0.1) is 5.92 Å². The number of likely N-dealkylation sites (tertiary alicyclic amines) is 1. The fourth-order valence-corrected chi connectivity index (χ4v) is 4.38. The van der Waals surface area contributed by atoms with E-state index in [9.17, 15) is 9.59 Å². The Morgan fingerprint density at radius 2 is 2.08 bits per heavy atom. The number of nitrogens with zero attached hydrogens (tertiary/aromatic N) is 2. The molecule has 0 spiro atoms. The summed E-state index contributed by atoms with van der Waals surface area (Å²) in [6.45, 7) is 8.16. The number of benzene rings is 1. The van der Waals surface area contributed by atoms with Gasteiger partial charge in [0.1, 0.15) is 11.7 Å². The molecule has 0 N–H and O–H groups in total. The Morgan fingerprint density at radius 3 is 2.81 bits per heavy atom. The second-order valence-electron chi connectivity index (χ2n) is 7.28. The van der Waals surface area contributed by atoms with E-state index in [4.69, 9.17) is 9.47 Å². The first-order chi connectivity index (χ1) is 12.5. The maximum atomic E-state index is 13.3. The molecular formula is C20H24N2O4. The number of piperidine rings is 1. The van der Waals surface area contributed by atoms with Crippen LogP contribution in [0.5, 0.6) is 5.75 Å². The Hall–Kier alpha value is -2.34. The maximum absolute atomic E-state index is 13.3. The third-order valence-electron chi connectivity index (χ3n) is 5.65. The second-order valence-corrected chi connectivity index (χ2v) is 7.28. The van der Waals surface area contributed by atoms with Crippen molar-refractivity contribution in [3.8, 4) is 5.75 Å². The molecule has 0 saturated carbocycles. The number of carbonyl (C=O) groups is 2. The van der Waals surface area contributed by atoms with Gasteiger partial charge in [0.2, 0.25) is 11.8 Å². The Labute approximate surface area is 153 Å². The molecule has 6 nitrogen and oxygen atoms in total. The third-order valence-corrected chi connectivity index (χ3v) is 5.65. The highest BCUT2D eigenvalue weighted by Gasteiger charge is 2.56. The van der Waals surface area contributed by atoms with Crippen molar-refractivity contribution >= 4 is 11.8 Å². The molecule has 3 aliphatic heterocycles. The van der Waals surface area contributed by atoms with E-state index in [-0.39, 0.29) is 17.7 Å². The molecule has 6 heteroatoms. The van der Waals surface area contributed by atoms with E-state index < -0.39 is 11.6 Å². The molecule has 0 radical (unpaired) electrons. The average Bonchev–Trinajstić information content (AvgIpc) is 2.65. The van der Waals surface area contributed by atoms with E-state index >= 15 is 0 Å². The minimum Gasteiger partial charge on any atom is -0.468 e. The topological polar surface area (TPSA) is 59.1 Å². The van der Waals surface area contributed by atoms with Crippen molar-refractivity contribution < 1.29 is 19.1 Å². The van der Waals surface area contributed by atoms with Crippen LogP contribution in [0.1, 0.15) is 24.8 Å². The molecule has 1 aromatic rings. The van der Waals surface area contributed by atoms with E-state index in [1.807, 2.05) is 31.2 Å². The molecule has 2 saturated heterocycles. The third kappa shape index (κ3) is 2.60. The summed E-state index contributed by atoms with van der Waals surface area (Å²) in [5, 5.41) is 0. The Morgan fingerprint density at radius 1 is 1.35 bits per heavy atom. The lowest BCUT2D eigenvalue weighted by atomic mass is 9.73. The molecule has 4 rings (SSSR count). The predicted octanol–water partition coefficient (Wildman–Crippen LogP) is 1.77. The molecule has 2 amide bonds. The summed E-state index contributed by atoms with van der Waals surface area (Å²) in [6.07, 6.45) is 2.29. The zero-order valence-corrected chi connectivity index (χ0v) is 15.0. The first kappa shape index (κ1) is 17.1.